The smallest absolute Gasteiger partial charge is 0.307 e. The number of carbonyl (C=O) groups is 1. The van der Waals surface area contributed by atoms with Crippen molar-refractivity contribution in [1.29, 1.82) is 0 Å². The molecule has 0 aliphatic rings. The number of benzene rings is 1. The fourth-order valence-corrected chi connectivity index (χ4v) is 1.48. The first-order valence-corrected chi connectivity index (χ1v) is 5.19. The van der Waals surface area contributed by atoms with E-state index in [1.807, 2.05) is 0 Å². The normalized spacial score (nSPS) is 12.0. The summed E-state index contributed by atoms with van der Waals surface area (Å²) >= 11 is 5.83. The highest BCUT2D eigenvalue weighted by molar-refractivity contribution is 6.33. The number of esters is 1. The number of anilines is 1. The van der Waals surface area contributed by atoms with Crippen molar-refractivity contribution in [3.63, 3.8) is 0 Å². The molecule has 0 aliphatic carbocycles. The molecule has 5 heteroatoms. The van der Waals surface area contributed by atoms with Gasteiger partial charge in [0.1, 0.15) is 5.82 Å². The van der Waals surface area contributed by atoms with Gasteiger partial charge in [0, 0.05) is 6.04 Å². The number of rotatable bonds is 4. The highest BCUT2D eigenvalue weighted by Gasteiger charge is 2.13. The van der Waals surface area contributed by atoms with Crippen LogP contribution in [0, 0.1) is 5.82 Å². The van der Waals surface area contributed by atoms with Gasteiger partial charge in [0.15, 0.2) is 0 Å². The lowest BCUT2D eigenvalue weighted by Gasteiger charge is -2.15. The van der Waals surface area contributed by atoms with Crippen molar-refractivity contribution >= 4 is 23.3 Å². The second-order valence-corrected chi connectivity index (χ2v) is 3.83. The maximum absolute atomic E-state index is 13.4. The molecule has 1 unspecified atom stereocenters. The highest BCUT2D eigenvalue weighted by Crippen LogP contribution is 2.25. The molecule has 3 nitrogen and oxygen atoms in total. The monoisotopic (exact) mass is 245 g/mol. The topological polar surface area (TPSA) is 38.3 Å². The summed E-state index contributed by atoms with van der Waals surface area (Å²) in [6.45, 7) is 1.75. The minimum atomic E-state index is -0.441. The lowest BCUT2D eigenvalue weighted by molar-refractivity contribution is -0.140. The van der Waals surface area contributed by atoms with Crippen LogP contribution >= 0.6 is 11.6 Å². The number of hydrogen-bond acceptors (Lipinski definition) is 3. The largest absolute Gasteiger partial charge is 0.469 e. The Morgan fingerprint density at radius 3 is 2.88 bits per heavy atom. The van der Waals surface area contributed by atoms with Crippen LogP contribution in [0.2, 0.25) is 5.02 Å². The molecule has 1 rings (SSSR count). The molecule has 0 radical (unpaired) electrons. The zero-order valence-corrected chi connectivity index (χ0v) is 9.84. The number of hydrogen-bond donors (Lipinski definition) is 1. The molecule has 88 valence electrons. The molecule has 0 heterocycles. The lowest BCUT2D eigenvalue weighted by Crippen LogP contribution is -2.21. The van der Waals surface area contributed by atoms with Gasteiger partial charge in [-0.2, -0.15) is 0 Å². The SMILES string of the molecule is COC(=O)CC(C)Nc1c(F)cccc1Cl. The van der Waals surface area contributed by atoms with E-state index in [2.05, 4.69) is 10.1 Å². The van der Waals surface area contributed by atoms with Crippen molar-refractivity contribution in [2.24, 2.45) is 0 Å². The van der Waals surface area contributed by atoms with Gasteiger partial charge < -0.3 is 10.1 Å². The van der Waals surface area contributed by atoms with Crippen LogP contribution in [0.25, 0.3) is 0 Å². The van der Waals surface area contributed by atoms with E-state index < -0.39 is 5.82 Å². The molecule has 0 aromatic heterocycles. The van der Waals surface area contributed by atoms with E-state index in [9.17, 15) is 9.18 Å². The zero-order valence-electron chi connectivity index (χ0n) is 9.09. The van der Waals surface area contributed by atoms with Crippen LogP contribution in [0.1, 0.15) is 13.3 Å². The Balaban J connectivity index is 2.69. The third kappa shape index (κ3) is 3.38. The third-order valence-electron chi connectivity index (χ3n) is 2.05. The van der Waals surface area contributed by atoms with E-state index in [4.69, 9.17) is 11.6 Å². The molecule has 0 fully saturated rings. The van der Waals surface area contributed by atoms with Gasteiger partial charge in [-0.25, -0.2) is 4.39 Å². The third-order valence-corrected chi connectivity index (χ3v) is 2.37. The molecule has 1 N–H and O–H groups in total. The Bertz CT molecular complexity index is 364. The molecule has 16 heavy (non-hydrogen) atoms. The molecule has 0 saturated heterocycles. The van der Waals surface area contributed by atoms with Crippen LogP contribution in [0.3, 0.4) is 0 Å². The van der Waals surface area contributed by atoms with E-state index >= 15 is 0 Å². The van der Waals surface area contributed by atoms with Gasteiger partial charge in [-0.3, -0.25) is 4.79 Å². The highest BCUT2D eigenvalue weighted by atomic mass is 35.5. The second-order valence-electron chi connectivity index (χ2n) is 3.42. The molecule has 0 amide bonds. The number of nitrogens with one attached hydrogen (secondary N) is 1. The summed E-state index contributed by atoms with van der Waals surface area (Å²) in [7, 11) is 1.31. The minimum absolute atomic E-state index is 0.154. The van der Waals surface area contributed by atoms with Gasteiger partial charge in [-0.1, -0.05) is 17.7 Å². The summed E-state index contributed by atoms with van der Waals surface area (Å²) in [5.74, 6) is -0.795. The predicted octanol–water partition coefficient (Wildman–Crippen LogP) is 2.84. The standard InChI is InChI=1S/C11H13ClFNO2/c1-7(6-10(15)16-2)14-11-8(12)4-3-5-9(11)13/h3-5,7,14H,6H2,1-2H3. The fraction of sp³-hybridized carbons (Fsp3) is 0.364. The maximum Gasteiger partial charge on any atom is 0.307 e. The van der Waals surface area contributed by atoms with Crippen LogP contribution in [0.4, 0.5) is 10.1 Å². The van der Waals surface area contributed by atoms with Gasteiger partial charge in [-0.05, 0) is 19.1 Å². The summed E-state index contributed by atoms with van der Waals surface area (Å²) in [6.07, 6.45) is 0.154. The fourth-order valence-electron chi connectivity index (χ4n) is 1.27. The number of para-hydroxylation sites is 1. The van der Waals surface area contributed by atoms with Crippen LogP contribution in [0.5, 0.6) is 0 Å². The quantitative estimate of drug-likeness (QED) is 0.829. The van der Waals surface area contributed by atoms with Gasteiger partial charge >= 0.3 is 5.97 Å². The molecule has 0 bridgehead atoms. The van der Waals surface area contributed by atoms with Crippen LogP contribution in [-0.2, 0) is 9.53 Å². The Hall–Kier alpha value is -1.29. The van der Waals surface area contributed by atoms with E-state index in [1.165, 1.54) is 19.2 Å². The average Bonchev–Trinajstić information content (AvgIpc) is 2.23. The first-order valence-electron chi connectivity index (χ1n) is 4.82. The summed E-state index contributed by atoms with van der Waals surface area (Å²) in [4.78, 5) is 11.0. The van der Waals surface area contributed by atoms with Crippen LogP contribution in [-0.4, -0.2) is 19.1 Å². The van der Waals surface area contributed by atoms with Crippen molar-refractivity contribution in [2.45, 2.75) is 19.4 Å². The average molecular weight is 246 g/mol. The predicted molar refractivity (Wildman–Crippen MR) is 61.1 cm³/mol. The van der Waals surface area contributed by atoms with Crippen molar-refractivity contribution < 1.29 is 13.9 Å². The summed E-state index contributed by atoms with van der Waals surface area (Å²) in [5.41, 5.74) is 0.209. The first kappa shape index (κ1) is 12.8. The second kappa shape index (κ2) is 5.70. The van der Waals surface area contributed by atoms with Crippen molar-refractivity contribution in [1.82, 2.24) is 0 Å². The zero-order chi connectivity index (χ0) is 12.1. The van der Waals surface area contributed by atoms with Crippen LogP contribution < -0.4 is 5.32 Å². The van der Waals surface area contributed by atoms with Crippen molar-refractivity contribution in [2.75, 3.05) is 12.4 Å². The van der Waals surface area contributed by atoms with E-state index in [-0.39, 0.29) is 29.1 Å². The summed E-state index contributed by atoms with van der Waals surface area (Å²) in [5, 5.41) is 3.12. The molecule has 0 saturated carbocycles. The van der Waals surface area contributed by atoms with Crippen LogP contribution in [0.15, 0.2) is 18.2 Å². The molecule has 0 spiro atoms. The molecular formula is C11H13ClFNO2. The van der Waals surface area contributed by atoms with Gasteiger partial charge in [0.25, 0.3) is 0 Å². The number of halogens is 2. The number of methoxy groups -OCH3 is 1. The van der Waals surface area contributed by atoms with Gasteiger partial charge in [0.2, 0.25) is 0 Å². The van der Waals surface area contributed by atoms with E-state index in [0.717, 1.165) is 0 Å². The van der Waals surface area contributed by atoms with Gasteiger partial charge in [-0.15, -0.1) is 0 Å². The Morgan fingerprint density at radius 1 is 1.62 bits per heavy atom. The van der Waals surface area contributed by atoms with E-state index in [0.29, 0.717) is 0 Å². The van der Waals surface area contributed by atoms with E-state index in [1.54, 1.807) is 13.0 Å². The molecular weight excluding hydrogens is 233 g/mol. The first-order chi connectivity index (χ1) is 7.54. The molecule has 0 aliphatic heterocycles. The number of ether oxygens (including phenoxy) is 1. The lowest BCUT2D eigenvalue weighted by atomic mass is 10.2. The van der Waals surface area contributed by atoms with Gasteiger partial charge in [0.05, 0.1) is 24.2 Å². The molecule has 1 aromatic rings. The number of carbonyl (C=O) groups excluding carboxylic acids is 1. The van der Waals surface area contributed by atoms with Crippen molar-refractivity contribution in [3.05, 3.63) is 29.0 Å². The Morgan fingerprint density at radius 2 is 2.31 bits per heavy atom. The summed E-state index contributed by atoms with van der Waals surface area (Å²) in [6, 6.07) is 4.16. The molecule has 1 aromatic carbocycles. The Kier molecular flexibility index (Phi) is 4.55. The maximum atomic E-state index is 13.4. The molecule has 1 atom stereocenters. The Labute approximate surface area is 98.5 Å². The summed E-state index contributed by atoms with van der Waals surface area (Å²) < 4.78 is 17.9. The minimum Gasteiger partial charge on any atom is -0.469 e. The van der Waals surface area contributed by atoms with Crippen molar-refractivity contribution in [3.8, 4) is 0 Å².